The van der Waals surface area contributed by atoms with Gasteiger partial charge in [0.2, 0.25) is 0 Å². The third-order valence-electron chi connectivity index (χ3n) is 3.04. The molecule has 2 aliphatic carbocycles. The van der Waals surface area contributed by atoms with E-state index in [0.717, 1.165) is 25.7 Å². The molecule has 1 nitrogen and oxygen atoms in total. The highest BCUT2D eigenvalue weighted by molar-refractivity contribution is 5.85. The van der Waals surface area contributed by atoms with Crippen LogP contribution in [0.2, 0.25) is 0 Å². The molecule has 68 valence electrons. The number of hydrogen-bond donors (Lipinski definition) is 0. The molecule has 2 aliphatic rings. The average Bonchev–Trinajstić information content (AvgIpc) is 2.87. The highest BCUT2D eigenvalue weighted by Gasteiger charge is 2.36. The molecule has 2 fully saturated rings. The first-order chi connectivity index (χ1) is 5.77. The van der Waals surface area contributed by atoms with Gasteiger partial charge in [-0.1, -0.05) is 0 Å². The fourth-order valence-corrected chi connectivity index (χ4v) is 2.04. The van der Waals surface area contributed by atoms with E-state index in [1.807, 2.05) is 0 Å². The Labute approximate surface area is 72.3 Å². The van der Waals surface area contributed by atoms with E-state index in [-0.39, 0.29) is 5.92 Å². The molecule has 2 rings (SSSR count). The van der Waals surface area contributed by atoms with Crippen LogP contribution in [0.5, 0.6) is 0 Å². The van der Waals surface area contributed by atoms with Crippen molar-refractivity contribution in [2.75, 3.05) is 0 Å². The molecule has 0 aromatic carbocycles. The minimum atomic E-state index is -0.631. The van der Waals surface area contributed by atoms with E-state index in [0.29, 0.717) is 24.5 Å². The lowest BCUT2D eigenvalue weighted by atomic mass is 9.84. The predicted molar refractivity (Wildman–Crippen MR) is 44.6 cm³/mol. The van der Waals surface area contributed by atoms with E-state index in [1.165, 1.54) is 0 Å². The summed E-state index contributed by atoms with van der Waals surface area (Å²) in [7, 11) is 0. The Morgan fingerprint density at radius 1 is 0.917 bits per heavy atom. The van der Waals surface area contributed by atoms with Crippen LogP contribution in [-0.4, -0.2) is 12.0 Å². The SMILES string of the molecule is O=C(C1CCC(F)CC1)C1CC1. The highest BCUT2D eigenvalue weighted by Crippen LogP contribution is 2.37. The van der Waals surface area contributed by atoms with E-state index in [9.17, 15) is 9.18 Å². The molecule has 0 radical (unpaired) electrons. The minimum absolute atomic E-state index is 0.212. The molecular weight excluding hydrogens is 155 g/mol. The zero-order chi connectivity index (χ0) is 8.55. The minimum Gasteiger partial charge on any atom is -0.299 e. The molecular formula is C10H15FO. The lowest BCUT2D eigenvalue weighted by Crippen LogP contribution is -2.23. The Morgan fingerprint density at radius 3 is 1.75 bits per heavy atom. The van der Waals surface area contributed by atoms with Gasteiger partial charge in [0.1, 0.15) is 12.0 Å². The summed E-state index contributed by atoms with van der Waals surface area (Å²) in [5.74, 6) is 1.01. The molecule has 0 heterocycles. The molecule has 0 spiro atoms. The van der Waals surface area contributed by atoms with Crippen molar-refractivity contribution in [1.82, 2.24) is 0 Å². The maximum Gasteiger partial charge on any atom is 0.139 e. The number of Topliss-reactive ketones (excluding diaryl/α,β-unsaturated/α-hetero) is 1. The summed E-state index contributed by atoms with van der Waals surface area (Å²) in [6.07, 6.45) is 4.38. The largest absolute Gasteiger partial charge is 0.299 e. The van der Waals surface area contributed by atoms with Crippen molar-refractivity contribution in [3.8, 4) is 0 Å². The smallest absolute Gasteiger partial charge is 0.139 e. The van der Waals surface area contributed by atoms with Crippen LogP contribution in [0.3, 0.4) is 0 Å². The Bertz CT molecular complexity index is 178. The second-order valence-corrected chi connectivity index (χ2v) is 4.13. The highest BCUT2D eigenvalue weighted by atomic mass is 19.1. The first-order valence-corrected chi connectivity index (χ1v) is 4.95. The van der Waals surface area contributed by atoms with Gasteiger partial charge in [-0.3, -0.25) is 4.79 Å². The van der Waals surface area contributed by atoms with E-state index < -0.39 is 6.17 Å². The normalized spacial score (nSPS) is 36.4. The van der Waals surface area contributed by atoms with Crippen molar-refractivity contribution in [2.24, 2.45) is 11.8 Å². The lowest BCUT2D eigenvalue weighted by molar-refractivity contribution is -0.125. The van der Waals surface area contributed by atoms with Crippen LogP contribution in [0.15, 0.2) is 0 Å². The number of carbonyl (C=O) groups excluding carboxylic acids is 1. The zero-order valence-electron chi connectivity index (χ0n) is 7.26. The van der Waals surface area contributed by atoms with Crippen LogP contribution in [0.4, 0.5) is 4.39 Å². The van der Waals surface area contributed by atoms with Crippen molar-refractivity contribution in [1.29, 1.82) is 0 Å². The maximum atomic E-state index is 12.7. The van der Waals surface area contributed by atoms with Gasteiger partial charge >= 0.3 is 0 Å². The van der Waals surface area contributed by atoms with Gasteiger partial charge in [0.25, 0.3) is 0 Å². The van der Waals surface area contributed by atoms with Gasteiger partial charge in [0.05, 0.1) is 0 Å². The summed E-state index contributed by atoms with van der Waals surface area (Å²) in [5, 5.41) is 0. The molecule has 0 bridgehead atoms. The molecule has 12 heavy (non-hydrogen) atoms. The second-order valence-electron chi connectivity index (χ2n) is 4.13. The molecule has 0 unspecified atom stereocenters. The topological polar surface area (TPSA) is 17.1 Å². The number of hydrogen-bond acceptors (Lipinski definition) is 1. The molecule has 0 aliphatic heterocycles. The fourth-order valence-electron chi connectivity index (χ4n) is 2.04. The predicted octanol–water partition coefficient (Wildman–Crippen LogP) is 2.49. The summed E-state index contributed by atoms with van der Waals surface area (Å²) < 4.78 is 12.7. The fraction of sp³-hybridized carbons (Fsp3) is 0.900. The number of ketones is 1. The maximum absolute atomic E-state index is 12.7. The van der Waals surface area contributed by atoms with E-state index in [2.05, 4.69) is 0 Å². The summed E-state index contributed by atoms with van der Waals surface area (Å²) >= 11 is 0. The van der Waals surface area contributed by atoms with E-state index >= 15 is 0 Å². The van der Waals surface area contributed by atoms with Gasteiger partial charge in [-0.15, -0.1) is 0 Å². The van der Waals surface area contributed by atoms with E-state index in [4.69, 9.17) is 0 Å². The van der Waals surface area contributed by atoms with Gasteiger partial charge < -0.3 is 0 Å². The number of halogens is 1. The molecule has 0 aromatic rings. The molecule has 0 saturated heterocycles. The average molecular weight is 170 g/mol. The molecule has 0 N–H and O–H groups in total. The first kappa shape index (κ1) is 8.21. The van der Waals surface area contributed by atoms with Gasteiger partial charge in [-0.05, 0) is 38.5 Å². The Hall–Kier alpha value is -0.400. The Kier molecular flexibility index (Phi) is 2.16. The Morgan fingerprint density at radius 2 is 1.33 bits per heavy atom. The molecule has 0 aromatic heterocycles. The van der Waals surface area contributed by atoms with Crippen LogP contribution >= 0.6 is 0 Å². The number of carbonyl (C=O) groups is 1. The summed E-state index contributed by atoms with van der Waals surface area (Å²) in [6.45, 7) is 0. The van der Waals surface area contributed by atoms with Crippen molar-refractivity contribution in [3.63, 3.8) is 0 Å². The van der Waals surface area contributed by atoms with Gasteiger partial charge in [-0.25, -0.2) is 4.39 Å². The third kappa shape index (κ3) is 1.67. The van der Waals surface area contributed by atoms with Crippen LogP contribution < -0.4 is 0 Å². The van der Waals surface area contributed by atoms with Crippen LogP contribution in [0.25, 0.3) is 0 Å². The molecule has 0 amide bonds. The second kappa shape index (κ2) is 3.15. The molecule has 2 saturated carbocycles. The molecule has 0 atom stereocenters. The number of rotatable bonds is 2. The van der Waals surface area contributed by atoms with E-state index in [1.54, 1.807) is 0 Å². The third-order valence-corrected chi connectivity index (χ3v) is 3.04. The quantitative estimate of drug-likeness (QED) is 0.622. The van der Waals surface area contributed by atoms with Crippen LogP contribution in [-0.2, 0) is 4.79 Å². The standard InChI is InChI=1S/C10H15FO/c11-9-5-3-8(4-6-9)10(12)7-1-2-7/h7-9H,1-6H2. The number of alkyl halides is 1. The summed E-state index contributed by atoms with van der Waals surface area (Å²) in [6, 6.07) is 0. The zero-order valence-corrected chi connectivity index (χ0v) is 7.26. The van der Waals surface area contributed by atoms with Gasteiger partial charge in [0, 0.05) is 11.8 Å². The summed E-state index contributed by atoms with van der Waals surface area (Å²) in [5.41, 5.74) is 0. The summed E-state index contributed by atoms with van der Waals surface area (Å²) in [4.78, 5) is 11.5. The molecule has 2 heteroatoms. The Balaban J connectivity index is 1.84. The van der Waals surface area contributed by atoms with Gasteiger partial charge in [-0.2, -0.15) is 0 Å². The van der Waals surface area contributed by atoms with Crippen molar-refractivity contribution in [2.45, 2.75) is 44.7 Å². The van der Waals surface area contributed by atoms with Crippen LogP contribution in [0.1, 0.15) is 38.5 Å². The monoisotopic (exact) mass is 170 g/mol. The van der Waals surface area contributed by atoms with Crippen molar-refractivity contribution >= 4 is 5.78 Å². The van der Waals surface area contributed by atoms with Gasteiger partial charge in [0.15, 0.2) is 0 Å². The van der Waals surface area contributed by atoms with Crippen LogP contribution in [0, 0.1) is 11.8 Å². The lowest BCUT2D eigenvalue weighted by Gasteiger charge is -2.22. The van der Waals surface area contributed by atoms with Crippen molar-refractivity contribution in [3.05, 3.63) is 0 Å². The first-order valence-electron chi connectivity index (χ1n) is 4.95. The van der Waals surface area contributed by atoms with Crippen molar-refractivity contribution < 1.29 is 9.18 Å².